The Kier molecular flexibility index (Phi) is 3.48. The molecule has 2 aliphatic carbocycles. The van der Waals surface area contributed by atoms with Crippen molar-refractivity contribution in [3.8, 4) is 0 Å². The normalized spacial score (nSPS) is 27.0. The second kappa shape index (κ2) is 5.63. The fraction of sp³-hybridized carbons (Fsp3) is 0.529. The zero-order chi connectivity index (χ0) is 14.9. The van der Waals surface area contributed by atoms with E-state index in [0.29, 0.717) is 24.3 Å². The summed E-state index contributed by atoms with van der Waals surface area (Å²) in [4.78, 5) is 12.4. The van der Waals surface area contributed by atoms with Crippen LogP contribution in [0.4, 0.5) is 0 Å². The minimum atomic E-state index is -0.0794. The summed E-state index contributed by atoms with van der Waals surface area (Å²) >= 11 is 0. The molecule has 4 rings (SSSR count). The van der Waals surface area contributed by atoms with Crippen molar-refractivity contribution in [2.75, 3.05) is 0 Å². The summed E-state index contributed by atoms with van der Waals surface area (Å²) < 4.78 is 7.45. The fourth-order valence-electron chi connectivity index (χ4n) is 4.12. The Morgan fingerprint density at radius 3 is 3.14 bits per heavy atom. The number of aromatic nitrogens is 2. The first kappa shape index (κ1) is 13.6. The maximum absolute atomic E-state index is 12.4. The Morgan fingerprint density at radius 1 is 1.32 bits per heavy atom. The Bertz CT molecular complexity index is 647. The van der Waals surface area contributed by atoms with E-state index in [1.54, 1.807) is 16.9 Å². The van der Waals surface area contributed by atoms with Gasteiger partial charge in [-0.2, -0.15) is 5.10 Å². The van der Waals surface area contributed by atoms with Crippen LogP contribution >= 0.6 is 0 Å². The summed E-state index contributed by atoms with van der Waals surface area (Å²) in [6, 6.07) is 5.81. The van der Waals surface area contributed by atoms with Crippen LogP contribution in [0.15, 0.2) is 35.0 Å². The number of hydrogen-bond donors (Lipinski definition) is 1. The van der Waals surface area contributed by atoms with Crippen molar-refractivity contribution in [1.82, 2.24) is 15.1 Å². The molecule has 0 radical (unpaired) electrons. The maximum Gasteiger partial charge on any atom is 0.287 e. The number of carbonyl (C=O) groups is 1. The number of nitrogens with zero attached hydrogens (tertiary/aromatic N) is 2. The highest BCUT2D eigenvalue weighted by atomic mass is 16.4. The van der Waals surface area contributed by atoms with E-state index in [-0.39, 0.29) is 5.91 Å². The van der Waals surface area contributed by atoms with Crippen LogP contribution in [0.1, 0.15) is 48.4 Å². The third-order valence-corrected chi connectivity index (χ3v) is 5.16. The molecule has 5 nitrogen and oxygen atoms in total. The predicted molar refractivity (Wildman–Crippen MR) is 81.4 cm³/mol. The van der Waals surface area contributed by atoms with Gasteiger partial charge in [0.1, 0.15) is 5.76 Å². The Morgan fingerprint density at radius 2 is 2.27 bits per heavy atom. The van der Waals surface area contributed by atoms with Crippen molar-refractivity contribution >= 4 is 5.91 Å². The monoisotopic (exact) mass is 299 g/mol. The first-order chi connectivity index (χ1) is 10.8. The number of carbonyl (C=O) groups excluding carboxylic acids is 1. The van der Waals surface area contributed by atoms with Gasteiger partial charge in [0.2, 0.25) is 0 Å². The van der Waals surface area contributed by atoms with E-state index in [2.05, 4.69) is 10.4 Å². The molecule has 0 saturated heterocycles. The fourth-order valence-corrected chi connectivity index (χ4v) is 4.12. The lowest BCUT2D eigenvalue weighted by Crippen LogP contribution is -2.37. The molecule has 2 saturated carbocycles. The third-order valence-electron chi connectivity index (χ3n) is 5.16. The van der Waals surface area contributed by atoms with Gasteiger partial charge in [0.25, 0.3) is 5.91 Å². The van der Waals surface area contributed by atoms with Gasteiger partial charge in [-0.15, -0.1) is 0 Å². The summed E-state index contributed by atoms with van der Waals surface area (Å²) in [6.45, 7) is 0.550. The molecule has 0 aromatic carbocycles. The molecule has 2 heterocycles. The highest BCUT2D eigenvalue weighted by Gasteiger charge is 2.39. The van der Waals surface area contributed by atoms with Crippen LogP contribution in [-0.2, 0) is 6.54 Å². The number of rotatable bonds is 4. The van der Waals surface area contributed by atoms with Crippen LogP contribution in [0.25, 0.3) is 0 Å². The summed E-state index contributed by atoms with van der Waals surface area (Å²) in [5.41, 5.74) is 0. The number of furan rings is 1. The highest BCUT2D eigenvalue weighted by molar-refractivity contribution is 5.91. The van der Waals surface area contributed by atoms with E-state index >= 15 is 0 Å². The molecule has 2 aromatic rings. The molecule has 0 aliphatic heterocycles. The second-order valence-electron chi connectivity index (χ2n) is 6.48. The lowest BCUT2D eigenvalue weighted by molar-refractivity contribution is 0.0896. The van der Waals surface area contributed by atoms with E-state index in [9.17, 15) is 4.79 Å². The van der Waals surface area contributed by atoms with Crippen LogP contribution in [0.2, 0.25) is 0 Å². The van der Waals surface area contributed by atoms with Gasteiger partial charge < -0.3 is 9.73 Å². The van der Waals surface area contributed by atoms with Crippen molar-refractivity contribution in [3.05, 3.63) is 42.1 Å². The van der Waals surface area contributed by atoms with Gasteiger partial charge in [0, 0.05) is 18.4 Å². The largest absolute Gasteiger partial charge is 0.454 e. The molecule has 1 amide bonds. The van der Waals surface area contributed by atoms with E-state index < -0.39 is 0 Å². The summed E-state index contributed by atoms with van der Waals surface area (Å²) in [5.74, 6) is 2.59. The summed E-state index contributed by atoms with van der Waals surface area (Å²) in [7, 11) is 0. The van der Waals surface area contributed by atoms with Crippen LogP contribution < -0.4 is 5.32 Å². The molecule has 116 valence electrons. The number of fused-ring (bicyclic) bond motifs is 1. The SMILES string of the molecule is O=C(N[C@H]1CC[C@@H]2CCC[C@@H]21)c1ccc(Cn2cccn2)o1. The predicted octanol–water partition coefficient (Wildman–Crippen LogP) is 2.83. The average Bonchev–Trinajstić information content (AvgIpc) is 3.24. The quantitative estimate of drug-likeness (QED) is 0.944. The van der Waals surface area contributed by atoms with E-state index in [0.717, 1.165) is 18.1 Å². The minimum Gasteiger partial charge on any atom is -0.454 e. The number of hydrogen-bond acceptors (Lipinski definition) is 3. The zero-order valence-corrected chi connectivity index (χ0v) is 12.6. The van der Waals surface area contributed by atoms with Crippen LogP contribution in [0, 0.1) is 11.8 Å². The van der Waals surface area contributed by atoms with Crippen molar-refractivity contribution in [2.24, 2.45) is 11.8 Å². The first-order valence-corrected chi connectivity index (χ1v) is 8.16. The Balaban J connectivity index is 1.39. The molecule has 2 fully saturated rings. The molecule has 3 atom stereocenters. The molecule has 22 heavy (non-hydrogen) atoms. The molecule has 1 N–H and O–H groups in total. The molecule has 0 spiro atoms. The minimum absolute atomic E-state index is 0.0794. The van der Waals surface area contributed by atoms with E-state index in [1.807, 2.05) is 18.3 Å². The number of nitrogens with one attached hydrogen (secondary N) is 1. The molecule has 0 unspecified atom stereocenters. The van der Waals surface area contributed by atoms with Gasteiger partial charge in [0.05, 0.1) is 6.54 Å². The molecular formula is C17H21N3O2. The maximum atomic E-state index is 12.4. The lowest BCUT2D eigenvalue weighted by Gasteiger charge is -2.19. The average molecular weight is 299 g/mol. The first-order valence-electron chi connectivity index (χ1n) is 8.16. The van der Waals surface area contributed by atoms with Gasteiger partial charge in [-0.05, 0) is 49.3 Å². The van der Waals surface area contributed by atoms with E-state index in [1.165, 1.54) is 25.7 Å². The zero-order valence-electron chi connectivity index (χ0n) is 12.6. The van der Waals surface area contributed by atoms with Crippen molar-refractivity contribution in [2.45, 2.75) is 44.7 Å². The van der Waals surface area contributed by atoms with Crippen molar-refractivity contribution in [1.29, 1.82) is 0 Å². The van der Waals surface area contributed by atoms with E-state index in [4.69, 9.17) is 4.42 Å². The van der Waals surface area contributed by atoms with Crippen LogP contribution in [0.3, 0.4) is 0 Å². The second-order valence-corrected chi connectivity index (χ2v) is 6.48. The number of amides is 1. The molecule has 5 heteroatoms. The summed E-state index contributed by atoms with van der Waals surface area (Å²) in [5, 5.41) is 7.32. The van der Waals surface area contributed by atoms with Gasteiger partial charge in [0.15, 0.2) is 5.76 Å². The van der Waals surface area contributed by atoms with Crippen molar-refractivity contribution in [3.63, 3.8) is 0 Å². The molecule has 2 aromatic heterocycles. The lowest BCUT2D eigenvalue weighted by atomic mass is 9.97. The highest BCUT2D eigenvalue weighted by Crippen LogP contribution is 2.44. The molecule has 0 bridgehead atoms. The van der Waals surface area contributed by atoms with Crippen LogP contribution in [0.5, 0.6) is 0 Å². The topological polar surface area (TPSA) is 60.1 Å². The van der Waals surface area contributed by atoms with Crippen molar-refractivity contribution < 1.29 is 9.21 Å². The molecular weight excluding hydrogens is 278 g/mol. The van der Waals surface area contributed by atoms with Crippen LogP contribution in [-0.4, -0.2) is 21.7 Å². The molecule has 2 aliphatic rings. The Hall–Kier alpha value is -2.04. The smallest absolute Gasteiger partial charge is 0.287 e. The van der Waals surface area contributed by atoms with Gasteiger partial charge in [-0.25, -0.2) is 0 Å². The van der Waals surface area contributed by atoms with Gasteiger partial charge in [-0.1, -0.05) is 12.8 Å². The standard InChI is InChI=1S/C17H21N3O2/c21-17(19-15-7-5-12-3-1-4-14(12)15)16-8-6-13(22-16)11-20-10-2-9-18-20/h2,6,8-10,12,14-15H,1,3-5,7,11H2,(H,19,21)/t12-,14-,15-/m0/s1. The van der Waals surface area contributed by atoms with Gasteiger partial charge >= 0.3 is 0 Å². The Labute approximate surface area is 129 Å². The third kappa shape index (κ3) is 2.56. The summed E-state index contributed by atoms with van der Waals surface area (Å²) in [6.07, 6.45) is 9.90. The van der Waals surface area contributed by atoms with Gasteiger partial charge in [-0.3, -0.25) is 9.48 Å².